The third-order valence-electron chi connectivity index (χ3n) is 2.02. The molecule has 0 radical (unpaired) electrons. The SMILES string of the molecule is Nc1ccc(F)c(F)c1NCc1ncn[nH]1. The van der Waals surface area contributed by atoms with Gasteiger partial charge in [-0.1, -0.05) is 0 Å². The highest BCUT2D eigenvalue weighted by molar-refractivity contribution is 5.66. The number of aromatic nitrogens is 3. The van der Waals surface area contributed by atoms with E-state index in [0.717, 1.165) is 6.07 Å². The van der Waals surface area contributed by atoms with E-state index in [2.05, 4.69) is 20.5 Å². The molecule has 84 valence electrons. The van der Waals surface area contributed by atoms with Crippen molar-refractivity contribution in [3.63, 3.8) is 0 Å². The van der Waals surface area contributed by atoms with Gasteiger partial charge in [-0.05, 0) is 12.1 Å². The molecule has 0 amide bonds. The molecule has 0 atom stereocenters. The molecule has 0 unspecified atom stereocenters. The predicted molar refractivity (Wildman–Crippen MR) is 54.5 cm³/mol. The standard InChI is InChI=1S/C9H9F2N5/c10-5-1-2-6(12)9(8(5)11)13-3-7-14-4-15-16-7/h1-2,4,13H,3,12H2,(H,14,15,16). The molecule has 5 nitrogen and oxygen atoms in total. The Labute approximate surface area is 89.7 Å². The minimum atomic E-state index is -1.00. The molecule has 1 aromatic carbocycles. The predicted octanol–water partition coefficient (Wildman–Crippen LogP) is 1.28. The number of nitrogen functional groups attached to an aromatic ring is 1. The Balaban J connectivity index is 2.18. The number of benzene rings is 1. The zero-order valence-electron chi connectivity index (χ0n) is 8.17. The maximum Gasteiger partial charge on any atom is 0.183 e. The number of nitrogens with one attached hydrogen (secondary N) is 2. The fraction of sp³-hybridized carbons (Fsp3) is 0.111. The van der Waals surface area contributed by atoms with Crippen molar-refractivity contribution in [2.75, 3.05) is 11.1 Å². The molecule has 2 rings (SSSR count). The molecule has 16 heavy (non-hydrogen) atoms. The largest absolute Gasteiger partial charge is 0.397 e. The lowest BCUT2D eigenvalue weighted by Crippen LogP contribution is -2.07. The van der Waals surface area contributed by atoms with Crippen LogP contribution in [0.1, 0.15) is 5.82 Å². The van der Waals surface area contributed by atoms with Crippen LogP contribution >= 0.6 is 0 Å². The number of H-pyrrole nitrogens is 1. The topological polar surface area (TPSA) is 79.6 Å². The second kappa shape index (κ2) is 4.13. The molecule has 1 aromatic heterocycles. The second-order valence-electron chi connectivity index (χ2n) is 3.11. The van der Waals surface area contributed by atoms with Gasteiger partial charge in [0.25, 0.3) is 0 Å². The highest BCUT2D eigenvalue weighted by atomic mass is 19.2. The van der Waals surface area contributed by atoms with Gasteiger partial charge in [-0.15, -0.1) is 0 Å². The number of nitrogens with zero attached hydrogens (tertiary/aromatic N) is 2. The molecule has 0 saturated heterocycles. The van der Waals surface area contributed by atoms with Crippen molar-refractivity contribution >= 4 is 11.4 Å². The summed E-state index contributed by atoms with van der Waals surface area (Å²) < 4.78 is 26.2. The molecule has 0 bridgehead atoms. The Morgan fingerprint density at radius 2 is 2.19 bits per heavy atom. The van der Waals surface area contributed by atoms with Crippen LogP contribution in [0.15, 0.2) is 18.5 Å². The lowest BCUT2D eigenvalue weighted by Gasteiger charge is -2.09. The third kappa shape index (κ3) is 1.92. The summed E-state index contributed by atoms with van der Waals surface area (Å²) in [4.78, 5) is 3.83. The van der Waals surface area contributed by atoms with E-state index in [4.69, 9.17) is 5.73 Å². The second-order valence-corrected chi connectivity index (χ2v) is 3.11. The number of halogens is 2. The van der Waals surface area contributed by atoms with Crippen molar-refractivity contribution in [2.24, 2.45) is 0 Å². The molecular formula is C9H9F2N5. The minimum Gasteiger partial charge on any atom is -0.397 e. The first kappa shape index (κ1) is 10.3. The maximum absolute atomic E-state index is 13.3. The van der Waals surface area contributed by atoms with Gasteiger partial charge in [-0.2, -0.15) is 5.10 Å². The van der Waals surface area contributed by atoms with Crippen LogP contribution in [0.5, 0.6) is 0 Å². The van der Waals surface area contributed by atoms with Crippen LogP contribution < -0.4 is 11.1 Å². The zero-order valence-corrected chi connectivity index (χ0v) is 8.17. The molecule has 0 fully saturated rings. The van der Waals surface area contributed by atoms with Crippen LogP contribution in [-0.4, -0.2) is 15.2 Å². The minimum absolute atomic E-state index is 0.0728. The van der Waals surface area contributed by atoms with E-state index in [1.165, 1.54) is 12.4 Å². The Hall–Kier alpha value is -2.18. The number of hydrogen-bond donors (Lipinski definition) is 3. The van der Waals surface area contributed by atoms with Crippen LogP contribution in [-0.2, 0) is 6.54 Å². The van der Waals surface area contributed by atoms with Gasteiger partial charge in [0, 0.05) is 0 Å². The summed E-state index contributed by atoms with van der Waals surface area (Å²) in [6.07, 6.45) is 1.32. The molecule has 1 heterocycles. The molecule has 0 aliphatic rings. The third-order valence-corrected chi connectivity index (χ3v) is 2.02. The Kier molecular flexibility index (Phi) is 2.67. The van der Waals surface area contributed by atoms with Crippen molar-refractivity contribution in [1.29, 1.82) is 0 Å². The summed E-state index contributed by atoms with van der Waals surface area (Å²) in [7, 11) is 0. The molecule has 0 aliphatic heterocycles. The van der Waals surface area contributed by atoms with Crippen molar-refractivity contribution in [2.45, 2.75) is 6.54 Å². The highest BCUT2D eigenvalue weighted by Gasteiger charge is 2.11. The number of nitrogens with two attached hydrogens (primary N) is 1. The molecule has 0 aliphatic carbocycles. The van der Waals surface area contributed by atoms with E-state index >= 15 is 0 Å². The summed E-state index contributed by atoms with van der Waals surface area (Å²) in [5.41, 5.74) is 5.58. The molecule has 4 N–H and O–H groups in total. The summed E-state index contributed by atoms with van der Waals surface area (Å²) >= 11 is 0. The Bertz CT molecular complexity index is 483. The molecule has 0 saturated carbocycles. The first-order valence-corrected chi connectivity index (χ1v) is 4.50. The van der Waals surface area contributed by atoms with Crippen LogP contribution in [0.3, 0.4) is 0 Å². The van der Waals surface area contributed by atoms with Gasteiger partial charge >= 0.3 is 0 Å². The Morgan fingerprint density at radius 1 is 1.38 bits per heavy atom. The van der Waals surface area contributed by atoms with Gasteiger partial charge in [-0.3, -0.25) is 5.10 Å². The van der Waals surface area contributed by atoms with Crippen LogP contribution in [0.4, 0.5) is 20.2 Å². The molecule has 0 spiro atoms. The zero-order chi connectivity index (χ0) is 11.5. The normalized spacial score (nSPS) is 10.4. The average molecular weight is 225 g/mol. The van der Waals surface area contributed by atoms with Gasteiger partial charge in [0.15, 0.2) is 11.6 Å². The number of hydrogen-bond acceptors (Lipinski definition) is 4. The van der Waals surface area contributed by atoms with E-state index in [0.29, 0.717) is 5.82 Å². The van der Waals surface area contributed by atoms with E-state index in [1.807, 2.05) is 0 Å². The summed E-state index contributed by atoms with van der Waals surface area (Å²) in [5, 5.41) is 8.85. The highest BCUT2D eigenvalue weighted by Crippen LogP contribution is 2.24. The smallest absolute Gasteiger partial charge is 0.183 e. The quantitative estimate of drug-likeness (QED) is 0.687. The van der Waals surface area contributed by atoms with Crippen molar-refractivity contribution < 1.29 is 8.78 Å². The van der Waals surface area contributed by atoms with E-state index in [9.17, 15) is 8.78 Å². The monoisotopic (exact) mass is 225 g/mol. The van der Waals surface area contributed by atoms with Gasteiger partial charge in [0.05, 0.1) is 17.9 Å². The first-order valence-electron chi connectivity index (χ1n) is 4.50. The van der Waals surface area contributed by atoms with Gasteiger partial charge in [0.1, 0.15) is 12.2 Å². The summed E-state index contributed by atoms with van der Waals surface area (Å²) in [5.74, 6) is -1.45. The van der Waals surface area contributed by atoms with E-state index in [-0.39, 0.29) is 17.9 Å². The fourth-order valence-electron chi connectivity index (χ4n) is 1.23. The van der Waals surface area contributed by atoms with Gasteiger partial charge in [0.2, 0.25) is 0 Å². The van der Waals surface area contributed by atoms with Gasteiger partial charge in [-0.25, -0.2) is 13.8 Å². The lowest BCUT2D eigenvalue weighted by molar-refractivity contribution is 0.511. The number of rotatable bonds is 3. The van der Waals surface area contributed by atoms with Crippen molar-refractivity contribution in [3.05, 3.63) is 35.9 Å². The summed E-state index contributed by atoms with van der Waals surface area (Å²) in [6, 6.07) is 2.27. The number of anilines is 2. The van der Waals surface area contributed by atoms with Gasteiger partial charge < -0.3 is 11.1 Å². The first-order chi connectivity index (χ1) is 7.68. The Morgan fingerprint density at radius 3 is 2.88 bits per heavy atom. The lowest BCUT2D eigenvalue weighted by atomic mass is 10.2. The van der Waals surface area contributed by atoms with Crippen LogP contribution in [0, 0.1) is 11.6 Å². The number of aromatic amines is 1. The van der Waals surface area contributed by atoms with Crippen LogP contribution in [0.25, 0.3) is 0 Å². The van der Waals surface area contributed by atoms with E-state index < -0.39 is 11.6 Å². The molecular weight excluding hydrogens is 216 g/mol. The van der Waals surface area contributed by atoms with Crippen molar-refractivity contribution in [3.8, 4) is 0 Å². The fourth-order valence-corrected chi connectivity index (χ4v) is 1.23. The molecule has 2 aromatic rings. The van der Waals surface area contributed by atoms with Crippen LogP contribution in [0.2, 0.25) is 0 Å². The molecule has 7 heteroatoms. The van der Waals surface area contributed by atoms with Crippen molar-refractivity contribution in [1.82, 2.24) is 15.2 Å². The summed E-state index contributed by atoms with van der Waals surface area (Å²) in [6.45, 7) is 0.185. The average Bonchev–Trinajstić information content (AvgIpc) is 2.77. The van der Waals surface area contributed by atoms with E-state index in [1.54, 1.807) is 0 Å². The maximum atomic E-state index is 13.3.